The highest BCUT2D eigenvalue weighted by Crippen LogP contribution is 2.36. The van der Waals surface area contributed by atoms with Gasteiger partial charge in [0.05, 0.1) is 6.61 Å². The molecule has 128 valence electrons. The third kappa shape index (κ3) is 3.25. The number of aromatic carboxylic acids is 1. The molecular weight excluding hydrogens is 316 g/mol. The van der Waals surface area contributed by atoms with Gasteiger partial charge >= 0.3 is 11.9 Å². The molecule has 4 unspecified atom stereocenters. The Morgan fingerprint density at radius 3 is 2.13 bits per heavy atom. The molecule has 0 heterocycles. The zero-order chi connectivity index (χ0) is 17.9. The van der Waals surface area contributed by atoms with E-state index in [9.17, 15) is 40.2 Å². The molecule has 0 radical (unpaired) electrons. The summed E-state index contributed by atoms with van der Waals surface area (Å²) in [5.74, 6) is -4.87. The largest absolute Gasteiger partial charge is 0.507 e. The van der Waals surface area contributed by atoms with E-state index in [1.165, 1.54) is 0 Å². The van der Waals surface area contributed by atoms with Crippen molar-refractivity contribution < 1.29 is 50.4 Å². The lowest BCUT2D eigenvalue weighted by Crippen LogP contribution is -2.56. The van der Waals surface area contributed by atoms with Gasteiger partial charge in [0.2, 0.25) is 5.60 Å². The first-order valence-electron chi connectivity index (χ1n) is 6.25. The number of aromatic hydroxyl groups is 1. The van der Waals surface area contributed by atoms with E-state index in [-0.39, 0.29) is 0 Å². The smallest absolute Gasteiger partial charge is 0.343 e. The Balaban J connectivity index is 3.50. The van der Waals surface area contributed by atoms with Gasteiger partial charge in [-0.25, -0.2) is 9.59 Å². The summed E-state index contributed by atoms with van der Waals surface area (Å²) in [4.78, 5) is 22.3. The maximum absolute atomic E-state index is 11.4. The molecule has 0 aliphatic carbocycles. The van der Waals surface area contributed by atoms with Gasteiger partial charge in [0, 0.05) is 5.56 Å². The van der Waals surface area contributed by atoms with Gasteiger partial charge in [0.1, 0.15) is 29.6 Å². The number of carboxylic acids is 2. The van der Waals surface area contributed by atoms with Crippen molar-refractivity contribution >= 4 is 11.9 Å². The van der Waals surface area contributed by atoms with E-state index in [4.69, 9.17) is 10.2 Å². The Bertz CT molecular complexity index is 600. The van der Waals surface area contributed by atoms with Crippen LogP contribution in [0.15, 0.2) is 18.2 Å². The Hall–Kier alpha value is -2.24. The van der Waals surface area contributed by atoms with Crippen molar-refractivity contribution in [3.8, 4) is 5.75 Å². The normalized spacial score (nSPS) is 17.8. The highest BCUT2D eigenvalue weighted by molar-refractivity contribution is 5.92. The first kappa shape index (κ1) is 18.8. The monoisotopic (exact) mass is 332 g/mol. The predicted molar refractivity (Wildman–Crippen MR) is 71.7 cm³/mol. The number of hydrogen-bond acceptors (Lipinski definition) is 8. The quantitative estimate of drug-likeness (QED) is 0.263. The van der Waals surface area contributed by atoms with E-state index in [0.717, 1.165) is 18.2 Å². The Labute approximate surface area is 129 Å². The van der Waals surface area contributed by atoms with Crippen LogP contribution in [-0.4, -0.2) is 77.7 Å². The molecule has 0 bridgehead atoms. The number of para-hydroxylation sites is 1. The van der Waals surface area contributed by atoms with Crippen LogP contribution < -0.4 is 0 Å². The van der Waals surface area contributed by atoms with Crippen molar-refractivity contribution in [1.29, 1.82) is 0 Å². The van der Waals surface area contributed by atoms with Crippen LogP contribution in [0.25, 0.3) is 0 Å². The first-order chi connectivity index (χ1) is 10.6. The summed E-state index contributed by atoms with van der Waals surface area (Å²) in [6.45, 7) is -1.05. The molecule has 0 aliphatic rings. The summed E-state index contributed by atoms with van der Waals surface area (Å²) in [6.07, 6.45) is -6.87. The van der Waals surface area contributed by atoms with Crippen molar-refractivity contribution in [2.24, 2.45) is 0 Å². The van der Waals surface area contributed by atoms with Crippen LogP contribution in [0.4, 0.5) is 0 Å². The van der Waals surface area contributed by atoms with Crippen molar-refractivity contribution in [2.45, 2.75) is 23.9 Å². The van der Waals surface area contributed by atoms with Crippen LogP contribution in [-0.2, 0) is 10.4 Å². The summed E-state index contributed by atoms with van der Waals surface area (Å²) < 4.78 is 0. The zero-order valence-electron chi connectivity index (χ0n) is 11.6. The molecule has 0 spiro atoms. The minimum Gasteiger partial charge on any atom is -0.507 e. The van der Waals surface area contributed by atoms with E-state index in [1.807, 2.05) is 0 Å². The topological polar surface area (TPSA) is 196 Å². The molecule has 8 N–H and O–H groups in total. The van der Waals surface area contributed by atoms with Gasteiger partial charge in [0.25, 0.3) is 0 Å². The zero-order valence-corrected chi connectivity index (χ0v) is 11.6. The lowest BCUT2D eigenvalue weighted by atomic mass is 9.82. The number of hydrogen-bond donors (Lipinski definition) is 8. The minimum absolute atomic E-state index is 0.744. The predicted octanol–water partition coefficient (Wildman–Crippen LogP) is -2.56. The number of rotatable bonds is 7. The van der Waals surface area contributed by atoms with E-state index < -0.39 is 59.3 Å². The maximum atomic E-state index is 11.4. The molecule has 0 saturated heterocycles. The van der Waals surface area contributed by atoms with Crippen LogP contribution in [0, 0.1) is 0 Å². The number of aliphatic carboxylic acids is 1. The summed E-state index contributed by atoms with van der Waals surface area (Å²) in [7, 11) is 0. The number of carboxylic acid groups (broad SMARTS) is 2. The number of aliphatic hydroxyl groups excluding tert-OH is 4. The van der Waals surface area contributed by atoms with Gasteiger partial charge in [-0.05, 0) is 6.07 Å². The Morgan fingerprint density at radius 2 is 1.70 bits per heavy atom. The molecule has 0 amide bonds. The van der Waals surface area contributed by atoms with E-state index in [2.05, 4.69) is 0 Å². The second-order valence-corrected chi connectivity index (χ2v) is 4.76. The van der Waals surface area contributed by atoms with Crippen molar-refractivity contribution in [3.05, 3.63) is 29.3 Å². The van der Waals surface area contributed by atoms with Gasteiger partial charge in [-0.2, -0.15) is 0 Å². The molecule has 0 fully saturated rings. The van der Waals surface area contributed by atoms with Gasteiger partial charge in [0.15, 0.2) is 0 Å². The summed E-state index contributed by atoms with van der Waals surface area (Å²) >= 11 is 0. The SMILES string of the molecule is O=C(O)c1cccc(C(O)(C(=O)O)C(O)C(O)C(O)CO)c1O. The first-order valence-corrected chi connectivity index (χ1v) is 6.25. The van der Waals surface area contributed by atoms with Crippen LogP contribution in [0.1, 0.15) is 15.9 Å². The van der Waals surface area contributed by atoms with Crippen LogP contribution >= 0.6 is 0 Å². The highest BCUT2D eigenvalue weighted by Gasteiger charge is 2.52. The fraction of sp³-hybridized carbons (Fsp3) is 0.385. The lowest BCUT2D eigenvalue weighted by molar-refractivity contribution is -0.194. The Morgan fingerprint density at radius 1 is 1.13 bits per heavy atom. The van der Waals surface area contributed by atoms with E-state index >= 15 is 0 Å². The van der Waals surface area contributed by atoms with Gasteiger partial charge in [-0.3, -0.25) is 0 Å². The molecule has 1 aromatic rings. The van der Waals surface area contributed by atoms with Crippen molar-refractivity contribution in [3.63, 3.8) is 0 Å². The maximum Gasteiger partial charge on any atom is 0.343 e. The third-order valence-electron chi connectivity index (χ3n) is 3.34. The fourth-order valence-electron chi connectivity index (χ4n) is 1.99. The van der Waals surface area contributed by atoms with Crippen molar-refractivity contribution in [2.75, 3.05) is 6.61 Å². The molecule has 23 heavy (non-hydrogen) atoms. The average molecular weight is 332 g/mol. The Kier molecular flexibility index (Phi) is 5.64. The molecular formula is C13H16O10. The molecule has 1 rings (SSSR count). The molecule has 0 saturated carbocycles. The molecule has 1 aromatic carbocycles. The third-order valence-corrected chi connectivity index (χ3v) is 3.34. The number of benzene rings is 1. The van der Waals surface area contributed by atoms with Crippen LogP contribution in [0.3, 0.4) is 0 Å². The van der Waals surface area contributed by atoms with E-state index in [0.29, 0.717) is 0 Å². The van der Waals surface area contributed by atoms with E-state index in [1.54, 1.807) is 0 Å². The van der Waals surface area contributed by atoms with Gasteiger partial charge < -0.3 is 40.9 Å². The molecule has 0 aromatic heterocycles. The summed E-state index contributed by atoms with van der Waals surface area (Å²) in [5.41, 5.74) is -4.99. The van der Waals surface area contributed by atoms with Crippen LogP contribution in [0.5, 0.6) is 5.75 Å². The molecule has 10 nitrogen and oxygen atoms in total. The number of aliphatic hydroxyl groups is 5. The number of phenols is 1. The molecule has 10 heteroatoms. The minimum atomic E-state index is -3.34. The van der Waals surface area contributed by atoms with Crippen molar-refractivity contribution in [1.82, 2.24) is 0 Å². The summed E-state index contributed by atoms with van der Waals surface area (Å²) in [5, 5.41) is 75.8. The van der Waals surface area contributed by atoms with Gasteiger partial charge in [-0.15, -0.1) is 0 Å². The molecule has 0 aliphatic heterocycles. The highest BCUT2D eigenvalue weighted by atomic mass is 16.4. The molecule has 4 atom stereocenters. The summed E-state index contributed by atoms with van der Waals surface area (Å²) in [6, 6.07) is 2.76. The number of carbonyl (C=O) groups is 2. The average Bonchev–Trinajstić information content (AvgIpc) is 2.51. The van der Waals surface area contributed by atoms with Crippen LogP contribution in [0.2, 0.25) is 0 Å². The second-order valence-electron chi connectivity index (χ2n) is 4.76. The standard InChI is InChI=1S/C13H16O10/c14-4-7(15)9(17)10(18)13(23,12(21)22)6-3-1-2-5(8(6)16)11(19)20/h1-3,7,9-10,14-18,23H,4H2,(H,19,20)(H,21,22). The second kappa shape index (κ2) is 6.89. The fourth-order valence-corrected chi connectivity index (χ4v) is 1.99. The van der Waals surface area contributed by atoms with Gasteiger partial charge in [-0.1, -0.05) is 12.1 Å². The lowest BCUT2D eigenvalue weighted by Gasteiger charge is -2.34.